The van der Waals surface area contributed by atoms with Gasteiger partial charge in [0.15, 0.2) is 5.82 Å². The number of aromatic nitrogens is 5. The van der Waals surface area contributed by atoms with Crippen LogP contribution in [0.3, 0.4) is 0 Å². The Morgan fingerprint density at radius 3 is 2.19 bits per heavy atom. The van der Waals surface area contributed by atoms with Gasteiger partial charge in [-0.3, -0.25) is 0 Å². The van der Waals surface area contributed by atoms with Crippen molar-refractivity contribution in [3.05, 3.63) is 42.6 Å². The lowest BCUT2D eigenvalue weighted by Crippen LogP contribution is -1.91. The van der Waals surface area contributed by atoms with E-state index in [9.17, 15) is 13.2 Å². The second kappa shape index (κ2) is 5.27. The number of alkyl halides is 2. The van der Waals surface area contributed by atoms with E-state index in [0.29, 0.717) is 17.0 Å². The van der Waals surface area contributed by atoms with Crippen LogP contribution in [0.2, 0.25) is 0 Å². The summed E-state index contributed by atoms with van der Waals surface area (Å²) in [5.74, 6) is -1.17. The van der Waals surface area contributed by atoms with Gasteiger partial charge >= 0.3 is 6.43 Å². The summed E-state index contributed by atoms with van der Waals surface area (Å²) in [4.78, 5) is 11.5. The molecule has 0 spiro atoms. The third-order valence-electron chi connectivity index (χ3n) is 2.51. The Labute approximate surface area is 115 Å². The molecule has 0 radical (unpaired) electrons. The first-order valence-corrected chi connectivity index (χ1v) is 5.69. The van der Waals surface area contributed by atoms with Crippen LogP contribution in [0.25, 0.3) is 22.8 Å². The highest BCUT2D eigenvalue weighted by Gasteiger charge is 2.17. The van der Waals surface area contributed by atoms with Gasteiger partial charge in [0.2, 0.25) is 5.95 Å². The number of halogens is 3. The molecule has 0 fully saturated rings. The molecule has 3 rings (SSSR count). The molecule has 0 atom stereocenters. The van der Waals surface area contributed by atoms with Crippen molar-refractivity contribution in [2.45, 2.75) is 6.43 Å². The van der Waals surface area contributed by atoms with Crippen molar-refractivity contribution in [3.8, 4) is 22.8 Å². The van der Waals surface area contributed by atoms with Crippen molar-refractivity contribution < 1.29 is 17.6 Å². The van der Waals surface area contributed by atoms with Gasteiger partial charge < -0.3 is 4.42 Å². The molecule has 3 aromatic heterocycles. The topological polar surface area (TPSA) is 77.6 Å². The van der Waals surface area contributed by atoms with Gasteiger partial charge in [-0.25, -0.2) is 15.0 Å². The molecule has 0 N–H and O–H groups in total. The Kier molecular flexibility index (Phi) is 3.30. The SMILES string of the molecule is Fc1ccc(-c2ncc(-c3nnc(C(F)F)o3)cn2)cn1. The Bertz CT molecular complexity index is 742. The zero-order valence-corrected chi connectivity index (χ0v) is 10.2. The Morgan fingerprint density at radius 2 is 1.62 bits per heavy atom. The van der Waals surface area contributed by atoms with E-state index >= 15 is 0 Å². The van der Waals surface area contributed by atoms with Crippen molar-refractivity contribution in [1.29, 1.82) is 0 Å². The van der Waals surface area contributed by atoms with Crippen molar-refractivity contribution >= 4 is 0 Å². The molecule has 0 bridgehead atoms. The van der Waals surface area contributed by atoms with E-state index in [4.69, 9.17) is 4.42 Å². The summed E-state index contributed by atoms with van der Waals surface area (Å²) in [5, 5.41) is 6.69. The highest BCUT2D eigenvalue weighted by Crippen LogP contribution is 2.23. The molecule has 9 heteroatoms. The van der Waals surface area contributed by atoms with Crippen LogP contribution in [-0.4, -0.2) is 25.1 Å². The molecule has 3 heterocycles. The van der Waals surface area contributed by atoms with E-state index in [1.807, 2.05) is 0 Å². The lowest BCUT2D eigenvalue weighted by atomic mass is 10.2. The number of pyridine rings is 1. The molecule has 0 aliphatic heterocycles. The number of hydrogen-bond donors (Lipinski definition) is 0. The minimum absolute atomic E-state index is 0.103. The summed E-state index contributed by atoms with van der Waals surface area (Å²) in [5.41, 5.74) is 0.815. The smallest absolute Gasteiger partial charge is 0.314 e. The molecule has 0 aromatic carbocycles. The Morgan fingerprint density at radius 1 is 0.905 bits per heavy atom. The molecule has 106 valence electrons. The van der Waals surface area contributed by atoms with Crippen molar-refractivity contribution in [1.82, 2.24) is 25.1 Å². The second-order valence-corrected chi connectivity index (χ2v) is 3.91. The quantitative estimate of drug-likeness (QED) is 0.691. The van der Waals surface area contributed by atoms with Gasteiger partial charge in [0, 0.05) is 24.2 Å². The van der Waals surface area contributed by atoms with E-state index in [2.05, 4.69) is 25.1 Å². The predicted molar refractivity (Wildman–Crippen MR) is 63.5 cm³/mol. The van der Waals surface area contributed by atoms with Crippen LogP contribution >= 0.6 is 0 Å². The number of hydrogen-bond acceptors (Lipinski definition) is 6. The Balaban J connectivity index is 1.88. The van der Waals surface area contributed by atoms with Crippen LogP contribution in [0.5, 0.6) is 0 Å². The predicted octanol–water partition coefficient (Wildman–Crippen LogP) is 2.67. The average Bonchev–Trinajstić information content (AvgIpc) is 2.98. The van der Waals surface area contributed by atoms with Gasteiger partial charge in [-0.15, -0.1) is 10.2 Å². The van der Waals surface area contributed by atoms with Gasteiger partial charge in [-0.2, -0.15) is 13.2 Å². The van der Waals surface area contributed by atoms with Crippen LogP contribution < -0.4 is 0 Å². The lowest BCUT2D eigenvalue weighted by molar-refractivity contribution is 0.116. The fourth-order valence-electron chi connectivity index (χ4n) is 1.54. The first-order chi connectivity index (χ1) is 10.1. The first kappa shape index (κ1) is 13.2. The lowest BCUT2D eigenvalue weighted by Gasteiger charge is -1.99. The van der Waals surface area contributed by atoms with E-state index in [-0.39, 0.29) is 5.89 Å². The summed E-state index contributed by atoms with van der Waals surface area (Å²) in [7, 11) is 0. The van der Waals surface area contributed by atoms with Gasteiger partial charge in [0.1, 0.15) is 0 Å². The summed E-state index contributed by atoms with van der Waals surface area (Å²) < 4.78 is 42.2. The van der Waals surface area contributed by atoms with Gasteiger partial charge in [0.05, 0.1) is 5.56 Å². The molecular weight excluding hydrogens is 287 g/mol. The largest absolute Gasteiger partial charge is 0.415 e. The van der Waals surface area contributed by atoms with Crippen LogP contribution in [0, 0.1) is 5.95 Å². The number of rotatable bonds is 3. The molecular formula is C12H6F3N5O. The van der Waals surface area contributed by atoms with Crippen molar-refractivity contribution in [3.63, 3.8) is 0 Å². The number of nitrogens with zero attached hydrogens (tertiary/aromatic N) is 5. The Hall–Kier alpha value is -2.84. The minimum Gasteiger partial charge on any atom is -0.415 e. The molecule has 3 aromatic rings. The molecule has 0 amide bonds. The van der Waals surface area contributed by atoms with Crippen LogP contribution in [0.15, 0.2) is 35.1 Å². The van der Waals surface area contributed by atoms with E-state index in [1.165, 1.54) is 30.7 Å². The standard InChI is InChI=1S/C12H6F3N5O/c13-8-2-1-6(3-16-8)10-17-4-7(5-18-10)11-19-20-12(21-11)9(14)15/h1-5,9H. The zero-order valence-electron chi connectivity index (χ0n) is 10.2. The molecule has 0 unspecified atom stereocenters. The fourth-order valence-corrected chi connectivity index (χ4v) is 1.54. The third kappa shape index (κ3) is 2.71. The van der Waals surface area contributed by atoms with E-state index in [0.717, 1.165) is 0 Å². The summed E-state index contributed by atoms with van der Waals surface area (Å²) in [6.45, 7) is 0. The van der Waals surface area contributed by atoms with Crippen LogP contribution in [-0.2, 0) is 0 Å². The maximum atomic E-state index is 12.7. The second-order valence-electron chi connectivity index (χ2n) is 3.91. The average molecular weight is 293 g/mol. The third-order valence-corrected chi connectivity index (χ3v) is 2.51. The van der Waals surface area contributed by atoms with Crippen LogP contribution in [0.4, 0.5) is 13.2 Å². The fraction of sp³-hybridized carbons (Fsp3) is 0.0833. The van der Waals surface area contributed by atoms with Gasteiger partial charge in [0.25, 0.3) is 11.8 Å². The normalized spacial score (nSPS) is 11.0. The summed E-state index contributed by atoms with van der Waals surface area (Å²) in [6.07, 6.45) is 1.13. The van der Waals surface area contributed by atoms with Crippen LogP contribution in [0.1, 0.15) is 12.3 Å². The maximum Gasteiger partial charge on any atom is 0.314 e. The minimum atomic E-state index is -2.84. The highest BCUT2D eigenvalue weighted by molar-refractivity contribution is 5.56. The van der Waals surface area contributed by atoms with Gasteiger partial charge in [-0.1, -0.05) is 0 Å². The first-order valence-electron chi connectivity index (χ1n) is 5.69. The molecule has 21 heavy (non-hydrogen) atoms. The zero-order chi connectivity index (χ0) is 14.8. The van der Waals surface area contributed by atoms with Gasteiger partial charge in [-0.05, 0) is 12.1 Å². The molecule has 0 saturated heterocycles. The molecule has 0 aliphatic carbocycles. The molecule has 6 nitrogen and oxygen atoms in total. The van der Waals surface area contributed by atoms with Crippen molar-refractivity contribution in [2.75, 3.05) is 0 Å². The van der Waals surface area contributed by atoms with E-state index < -0.39 is 18.3 Å². The molecule has 0 aliphatic rings. The summed E-state index contributed by atoms with van der Waals surface area (Å²) in [6, 6.07) is 2.65. The highest BCUT2D eigenvalue weighted by atomic mass is 19.3. The monoisotopic (exact) mass is 293 g/mol. The summed E-state index contributed by atoms with van der Waals surface area (Å²) >= 11 is 0. The van der Waals surface area contributed by atoms with Crippen molar-refractivity contribution in [2.24, 2.45) is 0 Å². The maximum absolute atomic E-state index is 12.7. The van der Waals surface area contributed by atoms with E-state index in [1.54, 1.807) is 0 Å². The molecule has 0 saturated carbocycles.